The molecule has 0 unspecified atom stereocenters. The molecule has 2 heterocycles. The summed E-state index contributed by atoms with van der Waals surface area (Å²) in [6, 6.07) is 1.62. The van der Waals surface area contributed by atoms with Crippen molar-refractivity contribution in [1.29, 1.82) is 0 Å². The van der Waals surface area contributed by atoms with Crippen LogP contribution in [0.3, 0.4) is 0 Å². The second kappa shape index (κ2) is 5.68. The third-order valence-corrected chi connectivity index (χ3v) is 4.48. The average Bonchev–Trinajstić information content (AvgIpc) is 3.25. The van der Waals surface area contributed by atoms with E-state index in [2.05, 4.69) is 10.5 Å². The molecule has 0 bridgehead atoms. The highest BCUT2D eigenvalue weighted by atomic mass is 16.5. The predicted octanol–water partition coefficient (Wildman–Crippen LogP) is 0.392. The molecule has 124 valence electrons. The molecular formula is C15H20N4O4. The van der Waals surface area contributed by atoms with Gasteiger partial charge in [-0.05, 0) is 19.8 Å². The summed E-state index contributed by atoms with van der Waals surface area (Å²) >= 11 is 0. The molecule has 1 aromatic heterocycles. The number of aryl methyl sites for hydroxylation is 1. The summed E-state index contributed by atoms with van der Waals surface area (Å²) in [5.41, 5.74) is -0.981. The second-order valence-electron chi connectivity index (χ2n) is 6.16. The Morgan fingerprint density at radius 2 is 1.78 bits per heavy atom. The van der Waals surface area contributed by atoms with Gasteiger partial charge in [-0.15, -0.1) is 0 Å². The van der Waals surface area contributed by atoms with Crippen molar-refractivity contribution in [2.24, 2.45) is 5.41 Å². The van der Waals surface area contributed by atoms with Crippen LogP contribution in [0.5, 0.6) is 0 Å². The summed E-state index contributed by atoms with van der Waals surface area (Å²) in [4.78, 5) is 39.9. The number of carbonyl (C=O) groups excluding carboxylic acids is 3. The minimum atomic E-state index is -0.981. The number of anilines is 1. The molecule has 2 fully saturated rings. The highest BCUT2D eigenvalue weighted by molar-refractivity contribution is 6.12. The fourth-order valence-electron chi connectivity index (χ4n) is 2.85. The standard InChI is InChI=1S/C15H20N4O4/c1-10-9-12(17-23-10)16-13(21)15(3-4-15)14(22)19-7-5-18(6-8-19)11(2)20/h9H,3-8H2,1-2H3,(H,16,17,21). The number of piperazine rings is 1. The molecule has 3 amide bonds. The van der Waals surface area contributed by atoms with E-state index in [1.54, 1.807) is 22.8 Å². The lowest BCUT2D eigenvalue weighted by Gasteiger charge is -2.35. The van der Waals surface area contributed by atoms with Crippen LogP contribution in [-0.4, -0.2) is 58.9 Å². The van der Waals surface area contributed by atoms with Crippen LogP contribution in [0.2, 0.25) is 0 Å². The molecule has 0 atom stereocenters. The number of nitrogens with zero attached hydrogens (tertiary/aromatic N) is 3. The van der Waals surface area contributed by atoms with Gasteiger partial charge in [0.1, 0.15) is 11.2 Å². The van der Waals surface area contributed by atoms with Crippen molar-refractivity contribution in [3.8, 4) is 0 Å². The van der Waals surface area contributed by atoms with Gasteiger partial charge >= 0.3 is 0 Å². The fourth-order valence-corrected chi connectivity index (χ4v) is 2.85. The van der Waals surface area contributed by atoms with E-state index in [0.717, 1.165) is 0 Å². The number of rotatable bonds is 3. The summed E-state index contributed by atoms with van der Waals surface area (Å²) in [7, 11) is 0. The Hall–Kier alpha value is -2.38. The Morgan fingerprint density at radius 1 is 1.17 bits per heavy atom. The number of hydrogen-bond donors (Lipinski definition) is 1. The van der Waals surface area contributed by atoms with Gasteiger partial charge in [-0.2, -0.15) is 0 Å². The van der Waals surface area contributed by atoms with E-state index < -0.39 is 5.41 Å². The molecule has 0 radical (unpaired) electrons. The Bertz CT molecular complexity index is 642. The molecule has 2 aliphatic rings. The first-order valence-electron chi connectivity index (χ1n) is 7.72. The first-order chi connectivity index (χ1) is 10.9. The monoisotopic (exact) mass is 320 g/mol. The van der Waals surface area contributed by atoms with Gasteiger partial charge in [-0.25, -0.2) is 0 Å². The molecule has 1 saturated carbocycles. The first kappa shape index (κ1) is 15.5. The lowest BCUT2D eigenvalue weighted by atomic mass is 10.0. The molecule has 8 heteroatoms. The molecule has 0 aromatic carbocycles. The third kappa shape index (κ3) is 2.93. The van der Waals surface area contributed by atoms with Gasteiger partial charge in [0.25, 0.3) is 0 Å². The number of nitrogens with one attached hydrogen (secondary N) is 1. The molecule has 8 nitrogen and oxygen atoms in total. The van der Waals surface area contributed by atoms with Gasteiger partial charge < -0.3 is 19.6 Å². The summed E-state index contributed by atoms with van der Waals surface area (Å²) in [5.74, 6) is 0.449. The van der Waals surface area contributed by atoms with Crippen molar-refractivity contribution < 1.29 is 18.9 Å². The number of carbonyl (C=O) groups is 3. The molecule has 1 aliphatic carbocycles. The lowest BCUT2D eigenvalue weighted by molar-refractivity contribution is -0.146. The van der Waals surface area contributed by atoms with Crippen LogP contribution in [0.25, 0.3) is 0 Å². The number of hydrogen-bond acceptors (Lipinski definition) is 5. The maximum absolute atomic E-state index is 12.7. The summed E-state index contributed by atoms with van der Waals surface area (Å²) in [6.45, 7) is 5.22. The lowest BCUT2D eigenvalue weighted by Crippen LogP contribution is -2.53. The number of aromatic nitrogens is 1. The first-order valence-corrected chi connectivity index (χ1v) is 7.72. The van der Waals surface area contributed by atoms with E-state index in [0.29, 0.717) is 50.6 Å². The zero-order valence-electron chi connectivity index (χ0n) is 13.3. The van der Waals surface area contributed by atoms with E-state index in [4.69, 9.17) is 4.52 Å². The van der Waals surface area contributed by atoms with Crippen molar-refractivity contribution >= 4 is 23.5 Å². The van der Waals surface area contributed by atoms with Crippen LogP contribution in [-0.2, 0) is 14.4 Å². The van der Waals surface area contributed by atoms with Crippen molar-refractivity contribution in [3.63, 3.8) is 0 Å². The maximum Gasteiger partial charge on any atom is 0.241 e. The molecule has 1 aliphatic heterocycles. The molecule has 3 rings (SSSR count). The smallest absolute Gasteiger partial charge is 0.241 e. The van der Waals surface area contributed by atoms with Gasteiger partial charge in [0, 0.05) is 39.2 Å². The highest BCUT2D eigenvalue weighted by Crippen LogP contribution is 2.48. The van der Waals surface area contributed by atoms with Gasteiger partial charge in [-0.1, -0.05) is 5.16 Å². The Morgan fingerprint density at radius 3 is 2.26 bits per heavy atom. The minimum absolute atomic E-state index is 0.0115. The van der Waals surface area contributed by atoms with Crippen molar-refractivity contribution in [3.05, 3.63) is 11.8 Å². The quantitative estimate of drug-likeness (QED) is 0.813. The van der Waals surface area contributed by atoms with Crippen LogP contribution in [0.15, 0.2) is 10.6 Å². The Kier molecular flexibility index (Phi) is 3.83. The average molecular weight is 320 g/mol. The van der Waals surface area contributed by atoms with E-state index in [1.165, 1.54) is 6.92 Å². The number of amides is 3. The van der Waals surface area contributed by atoms with Crippen LogP contribution < -0.4 is 5.32 Å². The Balaban J connectivity index is 1.62. The molecule has 0 spiro atoms. The zero-order chi connectivity index (χ0) is 16.6. The molecule has 1 aromatic rings. The normalized spacial score (nSPS) is 19.4. The molecular weight excluding hydrogens is 300 g/mol. The maximum atomic E-state index is 12.7. The minimum Gasteiger partial charge on any atom is -0.360 e. The summed E-state index contributed by atoms with van der Waals surface area (Å²) in [5, 5.41) is 6.38. The summed E-state index contributed by atoms with van der Waals surface area (Å²) < 4.78 is 4.91. The van der Waals surface area contributed by atoms with Gasteiger partial charge in [0.15, 0.2) is 5.82 Å². The highest BCUT2D eigenvalue weighted by Gasteiger charge is 2.58. The van der Waals surface area contributed by atoms with Crippen molar-refractivity contribution in [1.82, 2.24) is 15.0 Å². The van der Waals surface area contributed by atoms with Crippen molar-refractivity contribution in [2.75, 3.05) is 31.5 Å². The van der Waals surface area contributed by atoms with E-state index in [-0.39, 0.29) is 17.7 Å². The van der Waals surface area contributed by atoms with Gasteiger partial charge in [-0.3, -0.25) is 14.4 Å². The third-order valence-electron chi connectivity index (χ3n) is 4.48. The van der Waals surface area contributed by atoms with Gasteiger partial charge in [0.05, 0.1) is 0 Å². The van der Waals surface area contributed by atoms with E-state index in [1.807, 2.05) is 0 Å². The Labute approximate surface area is 133 Å². The summed E-state index contributed by atoms with van der Waals surface area (Å²) in [6.07, 6.45) is 1.09. The van der Waals surface area contributed by atoms with Crippen LogP contribution in [0, 0.1) is 12.3 Å². The topological polar surface area (TPSA) is 95.8 Å². The molecule has 1 N–H and O–H groups in total. The van der Waals surface area contributed by atoms with Crippen LogP contribution in [0.1, 0.15) is 25.5 Å². The van der Waals surface area contributed by atoms with E-state index >= 15 is 0 Å². The van der Waals surface area contributed by atoms with Crippen molar-refractivity contribution in [2.45, 2.75) is 26.7 Å². The SMILES string of the molecule is CC(=O)N1CCN(C(=O)C2(C(=O)Nc3cc(C)on3)CC2)CC1. The molecule has 1 saturated heterocycles. The largest absolute Gasteiger partial charge is 0.360 e. The zero-order valence-corrected chi connectivity index (χ0v) is 13.3. The van der Waals surface area contributed by atoms with Crippen LogP contribution in [0.4, 0.5) is 5.82 Å². The predicted molar refractivity (Wildman–Crippen MR) is 80.4 cm³/mol. The second-order valence-corrected chi connectivity index (χ2v) is 6.16. The fraction of sp³-hybridized carbons (Fsp3) is 0.600. The van der Waals surface area contributed by atoms with Crippen LogP contribution >= 0.6 is 0 Å². The van der Waals surface area contributed by atoms with Gasteiger partial charge in [0.2, 0.25) is 17.7 Å². The molecule has 23 heavy (non-hydrogen) atoms. The van der Waals surface area contributed by atoms with E-state index in [9.17, 15) is 14.4 Å².